The van der Waals surface area contributed by atoms with Crippen LogP contribution in [0.3, 0.4) is 0 Å². The molecule has 0 radical (unpaired) electrons. The Morgan fingerprint density at radius 1 is 0.929 bits per heavy atom. The number of rotatable bonds is 4. The van der Waals surface area contributed by atoms with Crippen molar-refractivity contribution in [3.63, 3.8) is 0 Å². The zero-order valence-corrected chi connectivity index (χ0v) is 15.7. The summed E-state index contributed by atoms with van der Waals surface area (Å²) >= 11 is 0. The number of hydrogen-bond acceptors (Lipinski definition) is 4. The number of amides is 2. The van der Waals surface area contributed by atoms with Crippen LogP contribution < -0.4 is 10.7 Å². The van der Waals surface area contributed by atoms with E-state index in [4.69, 9.17) is 10.8 Å². The summed E-state index contributed by atoms with van der Waals surface area (Å²) in [6.45, 7) is 1.10. The van der Waals surface area contributed by atoms with Crippen molar-refractivity contribution in [2.75, 3.05) is 18.1 Å². The van der Waals surface area contributed by atoms with Crippen molar-refractivity contribution in [2.45, 2.75) is 25.3 Å². The second kappa shape index (κ2) is 7.84. The molecule has 2 heterocycles. The number of benzene rings is 2. The molecule has 4 rings (SSSR count). The van der Waals surface area contributed by atoms with Crippen LogP contribution >= 0.6 is 0 Å². The van der Waals surface area contributed by atoms with Crippen LogP contribution in [0.2, 0.25) is 0 Å². The summed E-state index contributed by atoms with van der Waals surface area (Å²) in [6.07, 6.45) is 1.81. The second-order valence-corrected chi connectivity index (χ2v) is 7.33. The van der Waals surface area contributed by atoms with E-state index in [1.54, 1.807) is 4.90 Å². The van der Waals surface area contributed by atoms with Crippen molar-refractivity contribution >= 4 is 23.2 Å². The van der Waals surface area contributed by atoms with Crippen molar-refractivity contribution in [2.24, 2.45) is 16.8 Å². The number of hydrazone groups is 1. The smallest absolute Gasteiger partial charge is 0.270 e. The Kier molecular flexibility index (Phi) is 5.10. The average molecular weight is 376 g/mol. The summed E-state index contributed by atoms with van der Waals surface area (Å²) in [4.78, 5) is 26.3. The molecule has 144 valence electrons. The Morgan fingerprint density at radius 2 is 1.54 bits per heavy atom. The zero-order chi connectivity index (χ0) is 19.5. The molecule has 2 N–H and O–H groups in total. The minimum absolute atomic E-state index is 0.00860. The maximum Gasteiger partial charge on any atom is 0.270 e. The summed E-state index contributed by atoms with van der Waals surface area (Å²) in [7, 11) is 0. The summed E-state index contributed by atoms with van der Waals surface area (Å²) < 4.78 is 0. The van der Waals surface area contributed by atoms with E-state index >= 15 is 0 Å². The monoisotopic (exact) mass is 376 g/mol. The summed E-state index contributed by atoms with van der Waals surface area (Å²) in [5.41, 5.74) is 8.06. The van der Waals surface area contributed by atoms with Crippen LogP contribution in [0.5, 0.6) is 0 Å². The minimum atomic E-state index is -0.273. The number of nitrogens with two attached hydrogens (primary N) is 1. The molecule has 2 amide bonds. The highest BCUT2D eigenvalue weighted by Gasteiger charge is 2.35. The molecule has 1 atom stereocenters. The van der Waals surface area contributed by atoms with Crippen molar-refractivity contribution in [3.05, 3.63) is 66.2 Å². The number of anilines is 1. The lowest BCUT2D eigenvalue weighted by Gasteiger charge is -2.30. The van der Waals surface area contributed by atoms with Gasteiger partial charge in [0, 0.05) is 25.4 Å². The molecule has 2 aromatic rings. The molecule has 2 aliphatic rings. The Balaban J connectivity index is 1.56. The third-order valence-corrected chi connectivity index (χ3v) is 5.55. The highest BCUT2D eigenvalue weighted by atomic mass is 16.2. The standard InChI is InChI=1S/C22H24N4O2/c23-21(27)17-11-13-25(14-12-17)22(28)19-15-20(16-7-3-1-4-8-16)26(24-19)18-9-5-2-6-10-18/h1-10,17,20H,11-15H2,(H2,23,27)/t20-/m1/s1. The summed E-state index contributed by atoms with van der Waals surface area (Å²) in [6, 6.07) is 20.1. The van der Waals surface area contributed by atoms with Gasteiger partial charge < -0.3 is 10.6 Å². The van der Waals surface area contributed by atoms with E-state index in [0.29, 0.717) is 38.1 Å². The Labute approximate surface area is 164 Å². The average Bonchev–Trinajstić information content (AvgIpc) is 3.20. The van der Waals surface area contributed by atoms with Crippen molar-refractivity contribution in [1.29, 1.82) is 0 Å². The number of carbonyl (C=O) groups excluding carboxylic acids is 2. The Bertz CT molecular complexity index is 874. The molecule has 0 aromatic heterocycles. The maximum absolute atomic E-state index is 13.1. The van der Waals surface area contributed by atoms with Gasteiger partial charge in [-0.05, 0) is 30.5 Å². The Morgan fingerprint density at radius 3 is 2.14 bits per heavy atom. The van der Waals surface area contributed by atoms with Gasteiger partial charge in [-0.25, -0.2) is 0 Å². The van der Waals surface area contributed by atoms with Crippen molar-refractivity contribution < 1.29 is 9.59 Å². The molecule has 2 aliphatic heterocycles. The van der Waals surface area contributed by atoms with Crippen LogP contribution in [0.25, 0.3) is 0 Å². The van der Waals surface area contributed by atoms with Crippen molar-refractivity contribution in [3.8, 4) is 0 Å². The predicted molar refractivity (Wildman–Crippen MR) is 109 cm³/mol. The number of carbonyl (C=O) groups is 2. The van der Waals surface area contributed by atoms with E-state index in [1.807, 2.05) is 53.5 Å². The number of primary amides is 1. The third kappa shape index (κ3) is 3.63. The fourth-order valence-electron chi connectivity index (χ4n) is 3.94. The number of hydrogen-bond donors (Lipinski definition) is 1. The molecule has 1 fully saturated rings. The molecule has 6 heteroatoms. The van der Waals surface area contributed by atoms with E-state index in [2.05, 4.69) is 12.1 Å². The predicted octanol–water partition coefficient (Wildman–Crippen LogP) is 2.72. The van der Waals surface area contributed by atoms with Gasteiger partial charge in [-0.3, -0.25) is 14.6 Å². The molecule has 28 heavy (non-hydrogen) atoms. The molecule has 0 aliphatic carbocycles. The quantitative estimate of drug-likeness (QED) is 0.891. The van der Waals surface area contributed by atoms with E-state index in [0.717, 1.165) is 11.3 Å². The van der Waals surface area contributed by atoms with E-state index in [1.165, 1.54) is 0 Å². The topological polar surface area (TPSA) is 79.0 Å². The van der Waals surface area contributed by atoms with Gasteiger partial charge in [-0.15, -0.1) is 0 Å². The molecule has 0 spiro atoms. The lowest BCUT2D eigenvalue weighted by atomic mass is 9.95. The molecule has 0 unspecified atom stereocenters. The van der Waals surface area contributed by atoms with Crippen LogP contribution in [-0.2, 0) is 9.59 Å². The number of para-hydroxylation sites is 1. The van der Waals surface area contributed by atoms with E-state index in [9.17, 15) is 9.59 Å². The van der Waals surface area contributed by atoms with Crippen LogP contribution in [-0.4, -0.2) is 35.5 Å². The lowest BCUT2D eigenvalue weighted by molar-refractivity contribution is -0.129. The molecule has 2 aromatic carbocycles. The van der Waals surface area contributed by atoms with Gasteiger partial charge in [-0.1, -0.05) is 48.5 Å². The first-order valence-corrected chi connectivity index (χ1v) is 9.69. The van der Waals surface area contributed by atoms with Crippen LogP contribution in [0.15, 0.2) is 65.8 Å². The zero-order valence-electron chi connectivity index (χ0n) is 15.7. The fourth-order valence-corrected chi connectivity index (χ4v) is 3.94. The van der Waals surface area contributed by atoms with Gasteiger partial charge in [0.1, 0.15) is 5.71 Å². The summed E-state index contributed by atoms with van der Waals surface area (Å²) in [5, 5.41) is 6.66. The normalized spacial score (nSPS) is 20.1. The minimum Gasteiger partial charge on any atom is -0.369 e. The van der Waals surface area contributed by atoms with E-state index in [-0.39, 0.29) is 23.8 Å². The summed E-state index contributed by atoms with van der Waals surface area (Å²) in [5.74, 6) is -0.445. The molecule has 0 saturated carbocycles. The fraction of sp³-hybridized carbons (Fsp3) is 0.318. The van der Waals surface area contributed by atoms with Crippen LogP contribution in [0, 0.1) is 5.92 Å². The Hall–Kier alpha value is -3.15. The first-order valence-electron chi connectivity index (χ1n) is 9.69. The number of nitrogens with zero attached hydrogens (tertiary/aromatic N) is 3. The van der Waals surface area contributed by atoms with Gasteiger partial charge in [0.15, 0.2) is 0 Å². The van der Waals surface area contributed by atoms with Gasteiger partial charge in [0.05, 0.1) is 11.7 Å². The van der Waals surface area contributed by atoms with Gasteiger partial charge >= 0.3 is 0 Å². The first kappa shape index (κ1) is 18.2. The van der Waals surface area contributed by atoms with E-state index < -0.39 is 0 Å². The highest BCUT2D eigenvalue weighted by molar-refractivity contribution is 6.39. The molecular weight excluding hydrogens is 352 g/mol. The van der Waals surface area contributed by atoms with Crippen LogP contribution in [0.4, 0.5) is 5.69 Å². The van der Waals surface area contributed by atoms with Gasteiger partial charge in [0.25, 0.3) is 5.91 Å². The first-order chi connectivity index (χ1) is 13.6. The maximum atomic E-state index is 13.1. The molecule has 6 nitrogen and oxygen atoms in total. The third-order valence-electron chi connectivity index (χ3n) is 5.55. The SMILES string of the molecule is NC(=O)C1CCN(C(=O)C2=NN(c3ccccc3)[C@@H](c3ccccc3)C2)CC1. The van der Waals surface area contributed by atoms with Crippen molar-refractivity contribution in [1.82, 2.24) is 4.90 Å². The molecule has 0 bridgehead atoms. The van der Waals surface area contributed by atoms with Gasteiger partial charge in [-0.2, -0.15) is 5.10 Å². The highest BCUT2D eigenvalue weighted by Crippen LogP contribution is 2.35. The molecule has 1 saturated heterocycles. The molecular formula is C22H24N4O2. The number of piperidine rings is 1. The number of likely N-dealkylation sites (tertiary alicyclic amines) is 1. The second-order valence-electron chi connectivity index (χ2n) is 7.33. The van der Waals surface area contributed by atoms with Crippen LogP contribution in [0.1, 0.15) is 30.9 Å². The largest absolute Gasteiger partial charge is 0.369 e. The lowest BCUT2D eigenvalue weighted by Crippen LogP contribution is -2.44. The van der Waals surface area contributed by atoms with Gasteiger partial charge in [0.2, 0.25) is 5.91 Å².